The first-order valence-corrected chi connectivity index (χ1v) is 17.1. The predicted octanol–water partition coefficient (Wildman–Crippen LogP) is 12.1. The zero-order chi connectivity index (χ0) is 31.3. The number of para-hydroxylation sites is 1. The molecule has 0 saturated carbocycles. The van der Waals surface area contributed by atoms with E-state index in [1.807, 2.05) is 11.3 Å². The summed E-state index contributed by atoms with van der Waals surface area (Å²) in [5.41, 5.74) is 11.6. The third-order valence-electron chi connectivity index (χ3n) is 9.93. The number of rotatable bonds is 3. The van der Waals surface area contributed by atoms with Crippen LogP contribution >= 0.6 is 11.3 Å². The van der Waals surface area contributed by atoms with Crippen LogP contribution < -0.4 is 0 Å². The van der Waals surface area contributed by atoms with Crippen molar-refractivity contribution in [1.82, 2.24) is 14.5 Å². The van der Waals surface area contributed by atoms with Gasteiger partial charge in [-0.25, -0.2) is 9.97 Å². The van der Waals surface area contributed by atoms with Crippen molar-refractivity contribution in [1.29, 1.82) is 0 Å². The van der Waals surface area contributed by atoms with Crippen molar-refractivity contribution in [3.63, 3.8) is 0 Å². The summed E-state index contributed by atoms with van der Waals surface area (Å²) in [6.07, 6.45) is 0. The highest BCUT2D eigenvalue weighted by Crippen LogP contribution is 2.56. The normalized spacial score (nSPS) is 12.2. The Balaban J connectivity index is 1.38. The maximum atomic E-state index is 5.42. The van der Waals surface area contributed by atoms with E-state index in [1.54, 1.807) is 0 Å². The Kier molecular flexibility index (Phi) is 5.26. The molecule has 222 valence electrons. The summed E-state index contributed by atoms with van der Waals surface area (Å²) in [4.78, 5) is 12.0. The maximum absolute atomic E-state index is 5.42. The molecule has 11 rings (SSSR count). The van der Waals surface area contributed by atoms with E-state index in [4.69, 9.17) is 9.97 Å². The summed E-state index contributed by atoms with van der Waals surface area (Å²) in [7, 11) is 0. The summed E-state index contributed by atoms with van der Waals surface area (Å²) in [5.74, 6) is 0.683. The molecule has 0 N–H and O–H groups in total. The van der Waals surface area contributed by atoms with Crippen LogP contribution in [0.2, 0.25) is 0 Å². The van der Waals surface area contributed by atoms with Crippen LogP contribution in [0.5, 0.6) is 0 Å². The van der Waals surface area contributed by atoms with E-state index in [-0.39, 0.29) is 0 Å². The zero-order valence-electron chi connectivity index (χ0n) is 25.7. The molecule has 0 saturated heterocycles. The Bertz CT molecular complexity index is 2940. The Hall–Kier alpha value is -6.10. The topological polar surface area (TPSA) is 30.7 Å². The van der Waals surface area contributed by atoms with Gasteiger partial charge in [0.25, 0.3) is 0 Å². The van der Waals surface area contributed by atoms with E-state index >= 15 is 0 Å². The molecule has 1 aliphatic carbocycles. The van der Waals surface area contributed by atoms with E-state index in [0.717, 1.165) is 33.2 Å². The van der Waals surface area contributed by atoms with Gasteiger partial charge in [0.05, 0.1) is 22.2 Å². The van der Waals surface area contributed by atoms with Crippen molar-refractivity contribution in [3.8, 4) is 49.9 Å². The van der Waals surface area contributed by atoms with Crippen molar-refractivity contribution in [2.75, 3.05) is 0 Å². The molecule has 0 atom stereocenters. The van der Waals surface area contributed by atoms with Crippen LogP contribution in [0.25, 0.3) is 103 Å². The van der Waals surface area contributed by atoms with Crippen LogP contribution in [-0.4, -0.2) is 14.5 Å². The van der Waals surface area contributed by atoms with Gasteiger partial charge in [-0.05, 0) is 51.9 Å². The van der Waals surface area contributed by atoms with Crippen molar-refractivity contribution in [2.45, 2.75) is 0 Å². The van der Waals surface area contributed by atoms with Crippen LogP contribution in [0.1, 0.15) is 0 Å². The number of hydrogen-bond donors (Lipinski definition) is 0. The molecule has 7 aromatic carbocycles. The molecule has 0 radical (unpaired) electrons. The van der Waals surface area contributed by atoms with Gasteiger partial charge in [0, 0.05) is 47.6 Å². The molecule has 3 heterocycles. The SMILES string of the molecule is c1ccc(-c2sc3ccc4c5c3c2-c2ccccc2-c2cc3ccccc3c(c25)n4-c2nc(-c3ccccc3)c3ccccc3n2)cc1. The molecule has 0 amide bonds. The fraction of sp³-hybridized carbons (Fsp3) is 0. The molecular weight excluding hydrogens is 603 g/mol. The fourth-order valence-corrected chi connectivity index (χ4v) is 9.17. The van der Waals surface area contributed by atoms with Crippen molar-refractivity contribution >= 4 is 64.9 Å². The minimum atomic E-state index is 0.683. The Morgan fingerprint density at radius 3 is 2.02 bits per heavy atom. The minimum Gasteiger partial charge on any atom is -0.277 e. The molecule has 0 spiro atoms. The van der Waals surface area contributed by atoms with Crippen LogP contribution in [0, 0.1) is 0 Å². The second-order valence-corrected chi connectivity index (χ2v) is 13.6. The summed E-state index contributed by atoms with van der Waals surface area (Å²) in [6.45, 7) is 0. The lowest BCUT2D eigenvalue weighted by Crippen LogP contribution is -2.04. The highest BCUT2D eigenvalue weighted by atomic mass is 32.1. The van der Waals surface area contributed by atoms with E-state index < -0.39 is 0 Å². The van der Waals surface area contributed by atoms with Crippen molar-refractivity contribution < 1.29 is 0 Å². The van der Waals surface area contributed by atoms with Crippen LogP contribution in [0.3, 0.4) is 0 Å². The number of fused-ring (bicyclic) bond motifs is 6. The molecule has 4 heteroatoms. The first kappa shape index (κ1) is 26.0. The summed E-state index contributed by atoms with van der Waals surface area (Å²) in [5, 5.41) is 7.28. The highest BCUT2D eigenvalue weighted by molar-refractivity contribution is 7.23. The maximum Gasteiger partial charge on any atom is 0.235 e. The summed E-state index contributed by atoms with van der Waals surface area (Å²) < 4.78 is 3.63. The molecule has 3 aromatic heterocycles. The van der Waals surface area contributed by atoms with Gasteiger partial charge in [-0.3, -0.25) is 4.57 Å². The van der Waals surface area contributed by atoms with Crippen molar-refractivity contribution in [2.24, 2.45) is 0 Å². The number of nitrogens with zero attached hydrogens (tertiary/aromatic N) is 3. The first-order valence-electron chi connectivity index (χ1n) is 16.3. The number of benzene rings is 7. The number of aromatic nitrogens is 3. The second kappa shape index (κ2) is 9.71. The first-order chi connectivity index (χ1) is 23.8. The van der Waals surface area contributed by atoms with E-state index in [9.17, 15) is 0 Å². The van der Waals surface area contributed by atoms with Crippen LogP contribution in [0.4, 0.5) is 0 Å². The average molecular weight is 628 g/mol. The molecule has 0 aliphatic heterocycles. The van der Waals surface area contributed by atoms with Gasteiger partial charge >= 0.3 is 0 Å². The van der Waals surface area contributed by atoms with E-state index in [0.29, 0.717) is 5.95 Å². The standard InChI is InChI=1S/C44H25N3S/c1-3-13-26(14-4-1)41-32-21-11-12-22-34(32)45-44(46-41)47-35-23-24-36-40-38(43(48-36)27-15-5-2-6-16-27)31-20-10-9-19-30(31)33-25-28-17-7-8-18-29(28)42(47)37(33)39(35)40/h1-25H. The molecule has 0 bridgehead atoms. The van der Waals surface area contributed by atoms with Gasteiger partial charge in [-0.2, -0.15) is 0 Å². The van der Waals surface area contributed by atoms with Crippen LogP contribution in [-0.2, 0) is 0 Å². The highest BCUT2D eigenvalue weighted by Gasteiger charge is 2.30. The zero-order valence-corrected chi connectivity index (χ0v) is 26.5. The number of hydrogen-bond acceptors (Lipinski definition) is 3. The lowest BCUT2D eigenvalue weighted by atomic mass is 9.92. The third kappa shape index (κ3) is 3.47. The van der Waals surface area contributed by atoms with E-state index in [2.05, 4.69) is 156 Å². The van der Waals surface area contributed by atoms with Crippen LogP contribution in [0.15, 0.2) is 152 Å². The second-order valence-electron chi connectivity index (χ2n) is 12.5. The molecule has 0 unspecified atom stereocenters. The lowest BCUT2D eigenvalue weighted by Gasteiger charge is -2.15. The van der Waals surface area contributed by atoms with Gasteiger partial charge in [-0.1, -0.05) is 127 Å². The van der Waals surface area contributed by atoms with Gasteiger partial charge in [0.2, 0.25) is 5.95 Å². The van der Waals surface area contributed by atoms with Crippen molar-refractivity contribution in [3.05, 3.63) is 152 Å². The molecule has 1 aliphatic rings. The largest absolute Gasteiger partial charge is 0.277 e. The number of thiophene rings is 1. The molecule has 3 nitrogen and oxygen atoms in total. The predicted molar refractivity (Wildman–Crippen MR) is 202 cm³/mol. The minimum absolute atomic E-state index is 0.683. The van der Waals surface area contributed by atoms with Gasteiger partial charge in [-0.15, -0.1) is 11.3 Å². The molecular formula is C44H25N3S. The Morgan fingerprint density at radius 1 is 0.500 bits per heavy atom. The Labute approximate surface area is 280 Å². The van der Waals surface area contributed by atoms with Gasteiger partial charge in [0.1, 0.15) is 0 Å². The molecule has 48 heavy (non-hydrogen) atoms. The smallest absolute Gasteiger partial charge is 0.235 e. The lowest BCUT2D eigenvalue weighted by molar-refractivity contribution is 1.02. The molecule has 10 aromatic rings. The molecule has 0 fully saturated rings. The van der Waals surface area contributed by atoms with Gasteiger partial charge in [0.15, 0.2) is 0 Å². The average Bonchev–Trinajstić information content (AvgIpc) is 3.68. The monoisotopic (exact) mass is 627 g/mol. The quantitative estimate of drug-likeness (QED) is 0.195. The fourth-order valence-electron chi connectivity index (χ4n) is 7.94. The third-order valence-corrected chi connectivity index (χ3v) is 11.1. The Morgan fingerprint density at radius 2 is 1.19 bits per heavy atom. The van der Waals surface area contributed by atoms with Gasteiger partial charge < -0.3 is 0 Å². The van der Waals surface area contributed by atoms with E-state index in [1.165, 1.54) is 64.3 Å². The summed E-state index contributed by atoms with van der Waals surface area (Å²) in [6, 6.07) is 54.4. The summed E-state index contributed by atoms with van der Waals surface area (Å²) >= 11 is 1.89.